The third-order valence-electron chi connectivity index (χ3n) is 4.47. The highest BCUT2D eigenvalue weighted by atomic mass is 79.9. The largest absolute Gasteiger partial charge is 0.321 e. The van der Waals surface area contributed by atoms with E-state index >= 15 is 0 Å². The Labute approximate surface area is 170 Å². The number of nitro groups is 1. The van der Waals surface area contributed by atoms with Gasteiger partial charge in [-0.1, -0.05) is 18.6 Å². The summed E-state index contributed by atoms with van der Waals surface area (Å²) in [4.78, 5) is 23.1. The van der Waals surface area contributed by atoms with Crippen molar-refractivity contribution in [3.05, 3.63) is 62.6 Å². The van der Waals surface area contributed by atoms with Gasteiger partial charge in [-0.25, -0.2) is 8.42 Å². The maximum absolute atomic E-state index is 13.0. The Morgan fingerprint density at radius 1 is 1.11 bits per heavy atom. The van der Waals surface area contributed by atoms with Gasteiger partial charge in [0.05, 0.1) is 15.1 Å². The molecule has 1 aliphatic heterocycles. The van der Waals surface area contributed by atoms with Crippen LogP contribution in [-0.4, -0.2) is 36.6 Å². The lowest BCUT2D eigenvalue weighted by Crippen LogP contribution is -2.36. The lowest BCUT2D eigenvalue weighted by molar-refractivity contribution is -0.385. The molecule has 1 heterocycles. The van der Waals surface area contributed by atoms with Gasteiger partial charge < -0.3 is 5.32 Å². The van der Waals surface area contributed by atoms with Gasteiger partial charge in [0.2, 0.25) is 10.0 Å². The van der Waals surface area contributed by atoms with Crippen LogP contribution < -0.4 is 5.32 Å². The number of piperidine rings is 1. The van der Waals surface area contributed by atoms with Crippen molar-refractivity contribution in [2.24, 2.45) is 0 Å². The number of nitro benzene ring substituents is 1. The fraction of sp³-hybridized carbons (Fsp3) is 0.278. The molecule has 3 rings (SSSR count). The Kier molecular flexibility index (Phi) is 6.11. The average molecular weight is 468 g/mol. The molecule has 28 heavy (non-hydrogen) atoms. The summed E-state index contributed by atoms with van der Waals surface area (Å²) in [6.45, 7) is 0.896. The summed E-state index contributed by atoms with van der Waals surface area (Å²) < 4.78 is 27.7. The van der Waals surface area contributed by atoms with Gasteiger partial charge in [-0.2, -0.15) is 4.31 Å². The third kappa shape index (κ3) is 4.23. The van der Waals surface area contributed by atoms with Crippen LogP contribution in [0.5, 0.6) is 0 Å². The second-order valence-corrected chi connectivity index (χ2v) is 9.10. The van der Waals surface area contributed by atoms with Crippen LogP contribution in [0.15, 0.2) is 51.8 Å². The van der Waals surface area contributed by atoms with E-state index in [1.807, 2.05) is 0 Å². The molecule has 0 saturated carbocycles. The minimum atomic E-state index is -3.75. The van der Waals surface area contributed by atoms with E-state index in [0.717, 1.165) is 25.3 Å². The van der Waals surface area contributed by atoms with E-state index in [0.29, 0.717) is 13.1 Å². The van der Waals surface area contributed by atoms with Crippen LogP contribution in [0.2, 0.25) is 0 Å². The highest BCUT2D eigenvalue weighted by Crippen LogP contribution is 2.29. The van der Waals surface area contributed by atoms with Crippen LogP contribution in [0, 0.1) is 10.1 Å². The van der Waals surface area contributed by atoms with Crippen molar-refractivity contribution in [2.75, 3.05) is 18.4 Å². The standard InChI is InChI=1S/C18H18BrN3O5S/c19-14-9-8-13(12-16(14)22(24)25)18(23)20-15-6-2-3-7-17(15)28(26,27)21-10-4-1-5-11-21/h2-3,6-9,12H,1,4-5,10-11H2,(H,20,23). The number of nitrogens with zero attached hydrogens (tertiary/aromatic N) is 2. The quantitative estimate of drug-likeness (QED) is 0.531. The first-order valence-corrected chi connectivity index (χ1v) is 10.9. The zero-order valence-electron chi connectivity index (χ0n) is 14.8. The monoisotopic (exact) mass is 467 g/mol. The van der Waals surface area contributed by atoms with E-state index < -0.39 is 20.9 Å². The fourth-order valence-corrected chi connectivity index (χ4v) is 5.08. The predicted octanol–water partition coefficient (Wildman–Crippen LogP) is 3.78. The molecule has 8 nitrogen and oxygen atoms in total. The van der Waals surface area contributed by atoms with Crippen LogP contribution in [0.3, 0.4) is 0 Å². The number of anilines is 1. The number of hydrogen-bond donors (Lipinski definition) is 1. The van der Waals surface area contributed by atoms with Crippen molar-refractivity contribution < 1.29 is 18.1 Å². The van der Waals surface area contributed by atoms with Gasteiger partial charge in [0.15, 0.2) is 0 Å². The van der Waals surface area contributed by atoms with Crippen molar-refractivity contribution in [2.45, 2.75) is 24.2 Å². The van der Waals surface area contributed by atoms with Crippen LogP contribution in [-0.2, 0) is 10.0 Å². The maximum atomic E-state index is 13.0. The van der Waals surface area contributed by atoms with Crippen LogP contribution in [0.25, 0.3) is 0 Å². The highest BCUT2D eigenvalue weighted by molar-refractivity contribution is 9.10. The number of carbonyl (C=O) groups excluding carboxylic acids is 1. The number of carbonyl (C=O) groups is 1. The van der Waals surface area contributed by atoms with Gasteiger partial charge in [-0.15, -0.1) is 0 Å². The molecule has 0 aliphatic carbocycles. The Balaban J connectivity index is 1.91. The van der Waals surface area contributed by atoms with Crippen molar-refractivity contribution >= 4 is 43.2 Å². The molecule has 2 aromatic carbocycles. The molecule has 0 aromatic heterocycles. The number of benzene rings is 2. The van der Waals surface area contributed by atoms with E-state index in [4.69, 9.17) is 0 Å². The molecular formula is C18H18BrN3O5S. The number of nitrogens with one attached hydrogen (secondary N) is 1. The molecule has 1 aliphatic rings. The number of amides is 1. The molecule has 1 saturated heterocycles. The second kappa shape index (κ2) is 8.38. The van der Waals surface area contributed by atoms with E-state index in [2.05, 4.69) is 21.2 Å². The first kappa shape index (κ1) is 20.4. The summed E-state index contributed by atoms with van der Waals surface area (Å²) in [5.41, 5.74) is -0.0504. The number of rotatable bonds is 5. The summed E-state index contributed by atoms with van der Waals surface area (Å²) in [5, 5.41) is 13.6. The van der Waals surface area contributed by atoms with Crippen LogP contribution in [0.4, 0.5) is 11.4 Å². The fourth-order valence-electron chi connectivity index (χ4n) is 3.03. The molecule has 0 radical (unpaired) electrons. The van der Waals surface area contributed by atoms with Crippen molar-refractivity contribution in [3.8, 4) is 0 Å². The van der Waals surface area contributed by atoms with Crippen molar-refractivity contribution in [1.82, 2.24) is 4.31 Å². The Hall–Kier alpha value is -2.30. The van der Waals surface area contributed by atoms with E-state index in [9.17, 15) is 23.3 Å². The third-order valence-corrected chi connectivity index (χ3v) is 7.10. The molecule has 0 spiro atoms. The molecule has 0 unspecified atom stereocenters. The van der Waals surface area contributed by atoms with Gasteiger partial charge in [0, 0.05) is 24.7 Å². The van der Waals surface area contributed by atoms with E-state index in [1.165, 1.54) is 28.6 Å². The summed E-state index contributed by atoms with van der Waals surface area (Å²) in [7, 11) is -3.75. The number of hydrogen-bond acceptors (Lipinski definition) is 5. The molecule has 0 atom stereocenters. The summed E-state index contributed by atoms with van der Waals surface area (Å²) >= 11 is 3.07. The molecule has 1 amide bonds. The minimum Gasteiger partial charge on any atom is -0.321 e. The maximum Gasteiger partial charge on any atom is 0.284 e. The number of para-hydroxylation sites is 1. The zero-order valence-corrected chi connectivity index (χ0v) is 17.2. The first-order chi connectivity index (χ1) is 13.3. The number of sulfonamides is 1. The average Bonchev–Trinajstić information content (AvgIpc) is 2.69. The number of halogens is 1. The topological polar surface area (TPSA) is 110 Å². The molecule has 1 N–H and O–H groups in total. The summed E-state index contributed by atoms with van der Waals surface area (Å²) in [6, 6.07) is 10.1. The highest BCUT2D eigenvalue weighted by Gasteiger charge is 2.28. The molecule has 0 bridgehead atoms. The van der Waals surface area contributed by atoms with Gasteiger partial charge >= 0.3 is 0 Å². The van der Waals surface area contributed by atoms with Gasteiger partial charge in [-0.3, -0.25) is 14.9 Å². The molecular weight excluding hydrogens is 450 g/mol. The lowest BCUT2D eigenvalue weighted by atomic mass is 10.2. The molecule has 148 valence electrons. The normalized spacial score (nSPS) is 15.2. The summed E-state index contributed by atoms with van der Waals surface area (Å²) in [5.74, 6) is -0.628. The smallest absolute Gasteiger partial charge is 0.284 e. The lowest BCUT2D eigenvalue weighted by Gasteiger charge is -2.26. The van der Waals surface area contributed by atoms with E-state index in [-0.39, 0.29) is 26.3 Å². The first-order valence-electron chi connectivity index (χ1n) is 8.65. The molecule has 10 heteroatoms. The van der Waals surface area contributed by atoms with Crippen molar-refractivity contribution in [1.29, 1.82) is 0 Å². The van der Waals surface area contributed by atoms with Crippen LogP contribution >= 0.6 is 15.9 Å². The molecule has 1 fully saturated rings. The van der Waals surface area contributed by atoms with E-state index in [1.54, 1.807) is 12.1 Å². The van der Waals surface area contributed by atoms with Gasteiger partial charge in [0.1, 0.15) is 4.90 Å². The Morgan fingerprint density at radius 2 is 1.79 bits per heavy atom. The van der Waals surface area contributed by atoms with Gasteiger partial charge in [0.25, 0.3) is 11.6 Å². The van der Waals surface area contributed by atoms with Crippen LogP contribution in [0.1, 0.15) is 29.6 Å². The summed E-state index contributed by atoms with van der Waals surface area (Å²) in [6.07, 6.45) is 2.60. The van der Waals surface area contributed by atoms with Gasteiger partial charge in [-0.05, 0) is 53.0 Å². The zero-order chi connectivity index (χ0) is 20.3. The van der Waals surface area contributed by atoms with Crippen molar-refractivity contribution in [3.63, 3.8) is 0 Å². The minimum absolute atomic E-state index is 0.0110. The molecule has 2 aromatic rings. The SMILES string of the molecule is O=C(Nc1ccccc1S(=O)(=O)N1CCCCC1)c1ccc(Br)c([N+](=O)[O-])c1. The second-order valence-electron chi connectivity index (χ2n) is 6.34. The Morgan fingerprint density at radius 3 is 2.46 bits per heavy atom. The predicted molar refractivity (Wildman–Crippen MR) is 108 cm³/mol. The Bertz CT molecular complexity index is 1020.